The number of nitrogens with one attached hydrogen (secondary N) is 2. The number of fused-ring (bicyclic) bond motifs is 3. The number of nitrogens with zero attached hydrogens (tertiary/aromatic N) is 3. The molecule has 4 aromatic rings. The van der Waals surface area contributed by atoms with E-state index in [1.807, 2.05) is 34.9 Å². The summed E-state index contributed by atoms with van der Waals surface area (Å²) in [5.74, 6) is 0.985. The van der Waals surface area contributed by atoms with Crippen LogP contribution in [0, 0.1) is 0 Å². The molecule has 1 amide bonds. The largest absolute Gasteiger partial charge is 0.451 e. The summed E-state index contributed by atoms with van der Waals surface area (Å²) >= 11 is 0. The molecular formula is C33H37N5O3. The van der Waals surface area contributed by atoms with Crippen molar-refractivity contribution in [2.24, 2.45) is 0 Å². The van der Waals surface area contributed by atoms with E-state index in [1.165, 1.54) is 25.7 Å². The Morgan fingerprint density at radius 1 is 0.976 bits per heavy atom. The summed E-state index contributed by atoms with van der Waals surface area (Å²) in [6.45, 7) is 8.60. The number of benzene rings is 3. The Kier molecular flexibility index (Phi) is 6.88. The second-order valence-corrected chi connectivity index (χ2v) is 11.6. The van der Waals surface area contributed by atoms with Crippen LogP contribution in [0.4, 0.5) is 5.69 Å². The lowest BCUT2D eigenvalue weighted by molar-refractivity contribution is 0.0948. The fourth-order valence-electron chi connectivity index (χ4n) is 6.66. The summed E-state index contributed by atoms with van der Waals surface area (Å²) in [4.78, 5) is 31.9. The van der Waals surface area contributed by atoms with Crippen LogP contribution >= 0.6 is 0 Å². The topological polar surface area (TPSA) is 78.8 Å². The predicted octanol–water partition coefficient (Wildman–Crippen LogP) is 4.97. The molecule has 0 saturated carbocycles. The van der Waals surface area contributed by atoms with Crippen LogP contribution in [0.25, 0.3) is 27.4 Å². The average Bonchev–Trinajstić information content (AvgIpc) is 3.65. The molecule has 0 bridgehead atoms. The molecule has 8 heteroatoms. The first-order chi connectivity index (χ1) is 20.1. The highest BCUT2D eigenvalue weighted by Crippen LogP contribution is 2.45. The third-order valence-electron chi connectivity index (χ3n) is 8.98. The molecule has 2 N–H and O–H groups in total. The average molecular weight is 552 g/mol. The van der Waals surface area contributed by atoms with E-state index in [-0.39, 0.29) is 16.9 Å². The minimum atomic E-state index is -0.336. The highest BCUT2D eigenvalue weighted by Gasteiger charge is 2.27. The molecule has 212 valence electrons. The minimum Gasteiger partial charge on any atom is -0.451 e. The third kappa shape index (κ3) is 4.85. The van der Waals surface area contributed by atoms with Gasteiger partial charge in [-0.15, -0.1) is 0 Å². The Morgan fingerprint density at radius 2 is 1.78 bits per heavy atom. The lowest BCUT2D eigenvalue weighted by Gasteiger charge is -2.27. The number of hydrogen-bond acceptors (Lipinski definition) is 6. The van der Waals surface area contributed by atoms with E-state index in [1.54, 1.807) is 6.20 Å². The smallest absolute Gasteiger partial charge is 0.256 e. The van der Waals surface area contributed by atoms with Gasteiger partial charge in [-0.25, -0.2) is 0 Å². The Labute approximate surface area is 239 Å². The van der Waals surface area contributed by atoms with Gasteiger partial charge in [0, 0.05) is 38.4 Å². The predicted molar refractivity (Wildman–Crippen MR) is 164 cm³/mol. The van der Waals surface area contributed by atoms with E-state index in [4.69, 9.17) is 4.74 Å². The van der Waals surface area contributed by atoms with Crippen molar-refractivity contribution < 1.29 is 9.53 Å². The normalized spacial score (nSPS) is 18.5. The summed E-state index contributed by atoms with van der Waals surface area (Å²) in [6.07, 6.45) is 6.60. The molecule has 3 aliphatic rings. The van der Waals surface area contributed by atoms with Gasteiger partial charge in [-0.1, -0.05) is 24.3 Å². The van der Waals surface area contributed by atoms with Crippen LogP contribution in [-0.4, -0.2) is 72.1 Å². The highest BCUT2D eigenvalue weighted by molar-refractivity contribution is 6.01. The van der Waals surface area contributed by atoms with E-state index in [0.717, 1.165) is 61.4 Å². The fraction of sp³-hybridized carbons (Fsp3) is 0.394. The molecule has 41 heavy (non-hydrogen) atoms. The zero-order valence-corrected chi connectivity index (χ0v) is 23.6. The van der Waals surface area contributed by atoms with E-state index < -0.39 is 0 Å². The number of likely N-dealkylation sites (tertiary alicyclic amines) is 2. The lowest BCUT2D eigenvalue weighted by Crippen LogP contribution is -2.36. The monoisotopic (exact) mass is 551 g/mol. The zero-order valence-electron chi connectivity index (χ0n) is 23.6. The number of hydrogen-bond donors (Lipinski definition) is 2. The van der Waals surface area contributed by atoms with Gasteiger partial charge in [-0.2, -0.15) is 0 Å². The molecule has 2 fully saturated rings. The molecule has 7 rings (SSSR count). The van der Waals surface area contributed by atoms with Crippen molar-refractivity contribution in [2.45, 2.75) is 38.6 Å². The molecule has 3 aliphatic heterocycles. The van der Waals surface area contributed by atoms with Crippen molar-refractivity contribution in [3.63, 3.8) is 0 Å². The number of amides is 1. The highest BCUT2D eigenvalue weighted by atomic mass is 16.5. The van der Waals surface area contributed by atoms with Crippen molar-refractivity contribution in [3.05, 3.63) is 70.5 Å². The van der Waals surface area contributed by atoms with Crippen LogP contribution in [0.1, 0.15) is 43.0 Å². The summed E-state index contributed by atoms with van der Waals surface area (Å²) in [6, 6.07) is 16.6. The zero-order chi connectivity index (χ0) is 27.9. The number of carbonyl (C=O) groups is 1. The van der Waals surface area contributed by atoms with Gasteiger partial charge in [0.05, 0.1) is 16.8 Å². The molecular weight excluding hydrogens is 514 g/mol. The first kappa shape index (κ1) is 26.0. The molecule has 0 aliphatic carbocycles. The van der Waals surface area contributed by atoms with Gasteiger partial charge in [-0.3, -0.25) is 14.5 Å². The van der Waals surface area contributed by atoms with Crippen LogP contribution in [-0.2, 0) is 0 Å². The van der Waals surface area contributed by atoms with Crippen LogP contribution in [0.2, 0.25) is 0 Å². The Balaban J connectivity index is 1.27. The van der Waals surface area contributed by atoms with E-state index >= 15 is 0 Å². The quantitative estimate of drug-likeness (QED) is 0.284. The van der Waals surface area contributed by atoms with Crippen LogP contribution in [0.15, 0.2) is 59.5 Å². The van der Waals surface area contributed by atoms with Crippen molar-refractivity contribution in [3.8, 4) is 17.2 Å². The van der Waals surface area contributed by atoms with Crippen molar-refractivity contribution >= 4 is 33.3 Å². The maximum atomic E-state index is 13.7. The minimum absolute atomic E-state index is 0.148. The molecule has 0 radical (unpaired) electrons. The van der Waals surface area contributed by atoms with Crippen LogP contribution in [0.5, 0.6) is 11.5 Å². The number of rotatable bonds is 8. The SMILES string of the molecule is CC1CCCN1CCNc1ccc2c(=O)c(C(=O)NCCN3CCCC3)cn3c2c1Oc1cc2ccccc2cc1-3. The molecule has 3 aromatic carbocycles. The standard InChI is InChI=1S/C33H37N5O3/c1-22-7-6-16-37(22)18-13-34-27-11-10-25-30-32(27)41-29-20-24-9-3-2-8-23(24)19-28(29)38(30)21-26(31(25)39)33(40)35-12-17-36-14-4-5-15-36/h2-3,8-11,19-22,34H,4-7,12-18H2,1H3,(H,35,40). The van der Waals surface area contributed by atoms with Gasteiger partial charge >= 0.3 is 0 Å². The van der Waals surface area contributed by atoms with Crippen LogP contribution < -0.4 is 20.8 Å². The van der Waals surface area contributed by atoms with Gasteiger partial charge in [0.15, 0.2) is 11.5 Å². The number of pyridine rings is 1. The van der Waals surface area contributed by atoms with Gasteiger partial charge in [0.25, 0.3) is 5.91 Å². The van der Waals surface area contributed by atoms with Gasteiger partial charge in [0.1, 0.15) is 11.1 Å². The first-order valence-electron chi connectivity index (χ1n) is 15.0. The van der Waals surface area contributed by atoms with E-state index in [9.17, 15) is 9.59 Å². The van der Waals surface area contributed by atoms with E-state index in [0.29, 0.717) is 35.0 Å². The molecule has 1 atom stereocenters. The maximum Gasteiger partial charge on any atom is 0.256 e. The Bertz CT molecular complexity index is 1690. The second-order valence-electron chi connectivity index (χ2n) is 11.6. The fourth-order valence-corrected chi connectivity index (χ4v) is 6.66. The van der Waals surface area contributed by atoms with Crippen molar-refractivity contribution in [1.29, 1.82) is 0 Å². The molecule has 0 spiro atoms. The van der Waals surface area contributed by atoms with E-state index in [2.05, 4.69) is 45.6 Å². The first-order valence-corrected chi connectivity index (χ1v) is 15.0. The maximum absolute atomic E-state index is 13.7. The van der Waals surface area contributed by atoms with Gasteiger partial charge in [-0.05, 0) is 87.3 Å². The summed E-state index contributed by atoms with van der Waals surface area (Å²) < 4.78 is 8.54. The number of carbonyl (C=O) groups excluding carboxylic acids is 1. The summed E-state index contributed by atoms with van der Waals surface area (Å²) in [5.41, 5.74) is 2.22. The summed E-state index contributed by atoms with van der Waals surface area (Å²) in [5, 5.41) is 9.19. The van der Waals surface area contributed by atoms with Gasteiger partial charge in [0.2, 0.25) is 5.43 Å². The second kappa shape index (κ2) is 10.8. The number of ether oxygens (including phenoxy) is 1. The number of aromatic nitrogens is 1. The molecule has 1 aromatic heterocycles. The van der Waals surface area contributed by atoms with Crippen molar-refractivity contribution in [1.82, 2.24) is 19.7 Å². The molecule has 4 heterocycles. The van der Waals surface area contributed by atoms with Crippen molar-refractivity contribution in [2.75, 3.05) is 51.1 Å². The Morgan fingerprint density at radius 3 is 2.56 bits per heavy atom. The Hall–Kier alpha value is -3.88. The molecule has 8 nitrogen and oxygen atoms in total. The molecule has 1 unspecified atom stereocenters. The number of anilines is 1. The van der Waals surface area contributed by atoms with Gasteiger partial charge < -0.3 is 24.8 Å². The lowest BCUT2D eigenvalue weighted by atomic mass is 10.0. The molecule has 2 saturated heterocycles. The summed E-state index contributed by atoms with van der Waals surface area (Å²) in [7, 11) is 0. The third-order valence-corrected chi connectivity index (χ3v) is 8.98. The van der Waals surface area contributed by atoms with Crippen LogP contribution in [0.3, 0.4) is 0 Å².